The van der Waals surface area contributed by atoms with E-state index < -0.39 is 0 Å². The zero-order valence-corrected chi connectivity index (χ0v) is 6.48. The molecule has 0 saturated carbocycles. The first-order valence-corrected chi connectivity index (χ1v) is 3.58. The molecule has 1 rings (SSSR count). The van der Waals surface area contributed by atoms with Crippen molar-refractivity contribution in [1.82, 2.24) is 0 Å². The van der Waals surface area contributed by atoms with Gasteiger partial charge in [0.25, 0.3) is 0 Å². The van der Waals surface area contributed by atoms with Crippen LogP contribution in [-0.4, -0.2) is 0 Å². The normalized spacial score (nSPS) is 9.80. The minimum Gasteiger partial charge on any atom is -0.290 e. The summed E-state index contributed by atoms with van der Waals surface area (Å²) in [5.41, 5.74) is 0.712. The Labute approximate surface area is 65.3 Å². The topological polar surface area (TPSA) is 19.9 Å². The Morgan fingerprint density at radius 2 is 2.20 bits per heavy atom. The number of halogens is 1. The van der Waals surface area contributed by atoms with Crippen molar-refractivity contribution in [2.45, 2.75) is 13.3 Å². The van der Waals surface area contributed by atoms with E-state index in [1.165, 1.54) is 6.07 Å². The zero-order valence-electron chi connectivity index (χ0n) is 5.73. The standard InChI is InChI=1S/C8H8ClO/c1-2-6-7(9)4-3-5-8(6)10/h3-5H,2H2,1H3. The van der Waals surface area contributed by atoms with E-state index in [0.29, 0.717) is 17.0 Å². The van der Waals surface area contributed by atoms with Crippen LogP contribution in [0.15, 0.2) is 18.2 Å². The van der Waals surface area contributed by atoms with Crippen LogP contribution in [0.1, 0.15) is 12.5 Å². The van der Waals surface area contributed by atoms with E-state index in [1.54, 1.807) is 12.1 Å². The molecule has 1 radical (unpaired) electrons. The molecule has 0 heterocycles. The molecule has 10 heavy (non-hydrogen) atoms. The van der Waals surface area contributed by atoms with Crippen molar-refractivity contribution < 1.29 is 5.11 Å². The molecular formula is C8H8ClO. The van der Waals surface area contributed by atoms with Gasteiger partial charge in [-0.2, -0.15) is 0 Å². The van der Waals surface area contributed by atoms with Gasteiger partial charge in [0, 0.05) is 10.6 Å². The van der Waals surface area contributed by atoms with Gasteiger partial charge in [-0.1, -0.05) is 24.6 Å². The number of hydrogen-bond donors (Lipinski definition) is 0. The van der Waals surface area contributed by atoms with Crippen LogP contribution < -0.4 is 0 Å². The van der Waals surface area contributed by atoms with Crippen molar-refractivity contribution in [3.8, 4) is 5.75 Å². The first kappa shape index (κ1) is 7.42. The highest BCUT2D eigenvalue weighted by atomic mass is 35.5. The first-order chi connectivity index (χ1) is 4.75. The molecule has 0 amide bonds. The summed E-state index contributed by atoms with van der Waals surface area (Å²) < 4.78 is 0. The maximum atomic E-state index is 11.0. The Bertz CT molecular complexity index is 212. The molecule has 0 unspecified atom stereocenters. The summed E-state index contributed by atoms with van der Waals surface area (Å²) in [4.78, 5) is 0. The van der Waals surface area contributed by atoms with Crippen molar-refractivity contribution in [2.75, 3.05) is 0 Å². The largest absolute Gasteiger partial charge is 0.290 e. The SMILES string of the molecule is CCc1c([O])cccc1Cl. The fourth-order valence-electron chi connectivity index (χ4n) is 0.882. The van der Waals surface area contributed by atoms with Gasteiger partial charge in [0.2, 0.25) is 0 Å². The fourth-order valence-corrected chi connectivity index (χ4v) is 1.18. The third-order valence-corrected chi connectivity index (χ3v) is 1.78. The predicted molar refractivity (Wildman–Crippen MR) is 41.0 cm³/mol. The lowest BCUT2D eigenvalue weighted by Gasteiger charge is -1.99. The monoisotopic (exact) mass is 155 g/mol. The van der Waals surface area contributed by atoms with Crippen LogP contribution in [-0.2, 0) is 11.5 Å². The molecule has 1 aromatic carbocycles. The van der Waals surface area contributed by atoms with E-state index in [4.69, 9.17) is 11.6 Å². The highest BCUT2D eigenvalue weighted by Gasteiger charge is 2.03. The molecule has 2 heteroatoms. The lowest BCUT2D eigenvalue weighted by atomic mass is 10.1. The first-order valence-electron chi connectivity index (χ1n) is 3.20. The minimum absolute atomic E-state index is 0.0370. The molecule has 0 aromatic heterocycles. The van der Waals surface area contributed by atoms with Gasteiger partial charge in [-0.15, -0.1) is 0 Å². The van der Waals surface area contributed by atoms with Gasteiger partial charge < -0.3 is 0 Å². The van der Waals surface area contributed by atoms with Crippen LogP contribution in [0.2, 0.25) is 5.02 Å². The summed E-state index contributed by atoms with van der Waals surface area (Å²) in [5, 5.41) is 11.6. The lowest BCUT2D eigenvalue weighted by Crippen LogP contribution is -1.80. The van der Waals surface area contributed by atoms with Gasteiger partial charge in [0.1, 0.15) is 0 Å². The predicted octanol–water partition coefficient (Wildman–Crippen LogP) is 3.05. The Hall–Kier alpha value is -0.690. The van der Waals surface area contributed by atoms with Gasteiger partial charge in [0.05, 0.1) is 0 Å². The third kappa shape index (κ3) is 1.24. The van der Waals surface area contributed by atoms with Gasteiger partial charge in [-0.05, 0) is 18.6 Å². The quantitative estimate of drug-likeness (QED) is 0.594. The number of benzene rings is 1. The third-order valence-electron chi connectivity index (χ3n) is 1.43. The molecule has 0 aliphatic rings. The molecule has 1 nitrogen and oxygen atoms in total. The molecule has 0 fully saturated rings. The lowest BCUT2D eigenvalue weighted by molar-refractivity contribution is 0.350. The second-order valence-electron chi connectivity index (χ2n) is 2.07. The molecule has 53 valence electrons. The molecule has 1 aromatic rings. The molecule has 0 bridgehead atoms. The maximum absolute atomic E-state index is 11.0. The fraction of sp³-hybridized carbons (Fsp3) is 0.250. The summed E-state index contributed by atoms with van der Waals surface area (Å²) in [5.74, 6) is 0.0370. The molecular weight excluding hydrogens is 148 g/mol. The van der Waals surface area contributed by atoms with Crippen LogP contribution in [0.5, 0.6) is 5.75 Å². The smallest absolute Gasteiger partial charge is 0.183 e. The highest BCUT2D eigenvalue weighted by molar-refractivity contribution is 6.31. The minimum atomic E-state index is 0.0370. The Morgan fingerprint density at radius 3 is 2.60 bits per heavy atom. The summed E-state index contributed by atoms with van der Waals surface area (Å²) in [6.45, 7) is 1.92. The Kier molecular flexibility index (Phi) is 2.17. The van der Waals surface area contributed by atoms with Crippen LogP contribution in [0.25, 0.3) is 0 Å². The second-order valence-corrected chi connectivity index (χ2v) is 2.48. The van der Waals surface area contributed by atoms with Crippen LogP contribution in [0, 0.1) is 0 Å². The summed E-state index contributed by atoms with van der Waals surface area (Å²) in [6, 6.07) is 4.94. The number of hydrogen-bond acceptors (Lipinski definition) is 0. The van der Waals surface area contributed by atoms with Crippen LogP contribution in [0.4, 0.5) is 0 Å². The average Bonchev–Trinajstić information content (AvgIpc) is 1.88. The molecule has 0 aliphatic carbocycles. The van der Waals surface area contributed by atoms with Gasteiger partial charge in [-0.3, -0.25) is 5.11 Å². The molecule has 0 atom stereocenters. The Balaban J connectivity index is 3.17. The molecule has 0 spiro atoms. The number of rotatable bonds is 1. The van der Waals surface area contributed by atoms with Gasteiger partial charge in [0.15, 0.2) is 5.75 Å². The summed E-state index contributed by atoms with van der Waals surface area (Å²) in [7, 11) is 0. The van der Waals surface area contributed by atoms with E-state index in [0.717, 1.165) is 0 Å². The van der Waals surface area contributed by atoms with Gasteiger partial charge >= 0.3 is 0 Å². The Morgan fingerprint density at radius 1 is 1.50 bits per heavy atom. The summed E-state index contributed by atoms with van der Waals surface area (Å²) in [6.07, 6.45) is 0.707. The molecule has 0 aliphatic heterocycles. The van der Waals surface area contributed by atoms with Crippen molar-refractivity contribution in [2.24, 2.45) is 0 Å². The van der Waals surface area contributed by atoms with E-state index in [9.17, 15) is 5.11 Å². The second kappa shape index (κ2) is 2.93. The highest BCUT2D eigenvalue weighted by Crippen LogP contribution is 2.25. The van der Waals surface area contributed by atoms with E-state index >= 15 is 0 Å². The van der Waals surface area contributed by atoms with Crippen LogP contribution in [0.3, 0.4) is 0 Å². The zero-order chi connectivity index (χ0) is 7.56. The van der Waals surface area contributed by atoms with E-state index in [1.807, 2.05) is 6.92 Å². The summed E-state index contributed by atoms with van der Waals surface area (Å²) >= 11 is 5.73. The average molecular weight is 156 g/mol. The maximum Gasteiger partial charge on any atom is 0.183 e. The van der Waals surface area contributed by atoms with E-state index in [2.05, 4.69) is 0 Å². The van der Waals surface area contributed by atoms with E-state index in [-0.39, 0.29) is 5.75 Å². The van der Waals surface area contributed by atoms with Gasteiger partial charge in [-0.25, -0.2) is 0 Å². The molecule has 0 saturated heterocycles. The molecule has 0 N–H and O–H groups in total. The van der Waals surface area contributed by atoms with Crippen molar-refractivity contribution in [3.05, 3.63) is 28.8 Å². The van der Waals surface area contributed by atoms with Crippen molar-refractivity contribution in [1.29, 1.82) is 0 Å². The van der Waals surface area contributed by atoms with Crippen LogP contribution >= 0.6 is 11.6 Å². The van der Waals surface area contributed by atoms with Crippen molar-refractivity contribution in [3.63, 3.8) is 0 Å². The van der Waals surface area contributed by atoms with Crippen molar-refractivity contribution >= 4 is 11.6 Å².